The molecule has 0 saturated heterocycles. The molecule has 1 saturated carbocycles. The average Bonchev–Trinajstić information content (AvgIpc) is 2.63. The van der Waals surface area contributed by atoms with Crippen molar-refractivity contribution in [1.82, 2.24) is 5.32 Å². The van der Waals surface area contributed by atoms with Crippen LogP contribution < -0.4 is 5.32 Å². The predicted octanol–water partition coefficient (Wildman–Crippen LogP) is 2.60. The van der Waals surface area contributed by atoms with Gasteiger partial charge in [-0.15, -0.1) is 0 Å². The van der Waals surface area contributed by atoms with Gasteiger partial charge in [0.25, 0.3) is 0 Å². The number of furan rings is 1. The topological polar surface area (TPSA) is 45.4 Å². The molecular weight excluding hydrogens is 226 g/mol. The van der Waals surface area contributed by atoms with Gasteiger partial charge in [0.2, 0.25) is 0 Å². The zero-order valence-electron chi connectivity index (χ0n) is 10.6. The zero-order chi connectivity index (χ0) is 12.5. The molecule has 0 amide bonds. The smallest absolute Gasteiger partial charge is 0.134 e. The summed E-state index contributed by atoms with van der Waals surface area (Å²) in [5.41, 5.74) is 2.22. The molecule has 3 nitrogen and oxygen atoms in total. The second-order valence-electron chi connectivity index (χ2n) is 5.26. The third-order valence-electron chi connectivity index (χ3n) is 3.85. The summed E-state index contributed by atoms with van der Waals surface area (Å²) in [5, 5.41) is 13.9. The van der Waals surface area contributed by atoms with E-state index < -0.39 is 0 Å². The Morgan fingerprint density at radius 3 is 2.89 bits per heavy atom. The van der Waals surface area contributed by atoms with Crippen molar-refractivity contribution in [1.29, 1.82) is 0 Å². The number of rotatable bonds is 4. The van der Waals surface area contributed by atoms with Gasteiger partial charge in [0.05, 0.1) is 6.10 Å². The van der Waals surface area contributed by atoms with Crippen LogP contribution in [0.5, 0.6) is 0 Å². The molecule has 1 heterocycles. The van der Waals surface area contributed by atoms with Gasteiger partial charge < -0.3 is 14.8 Å². The van der Waals surface area contributed by atoms with Crippen molar-refractivity contribution in [2.45, 2.75) is 32.4 Å². The average molecular weight is 245 g/mol. The molecule has 0 unspecified atom stereocenters. The monoisotopic (exact) mass is 245 g/mol. The van der Waals surface area contributed by atoms with Gasteiger partial charge in [0.15, 0.2) is 0 Å². The van der Waals surface area contributed by atoms with E-state index in [1.54, 1.807) is 0 Å². The Labute approximate surface area is 107 Å². The number of nitrogens with one attached hydrogen (secondary N) is 1. The van der Waals surface area contributed by atoms with E-state index in [9.17, 15) is 5.11 Å². The van der Waals surface area contributed by atoms with Crippen LogP contribution in [0.15, 0.2) is 28.7 Å². The van der Waals surface area contributed by atoms with E-state index in [0.29, 0.717) is 5.92 Å². The molecule has 18 heavy (non-hydrogen) atoms. The molecule has 1 fully saturated rings. The van der Waals surface area contributed by atoms with Crippen LogP contribution in [0.25, 0.3) is 11.0 Å². The molecule has 0 aliphatic heterocycles. The molecule has 1 aliphatic carbocycles. The van der Waals surface area contributed by atoms with Crippen LogP contribution in [-0.4, -0.2) is 17.8 Å². The lowest BCUT2D eigenvalue weighted by molar-refractivity contribution is 0.0429. The Hall–Kier alpha value is -1.32. The maximum absolute atomic E-state index is 9.24. The number of aryl methyl sites for hydroxylation is 1. The van der Waals surface area contributed by atoms with E-state index in [0.717, 1.165) is 37.3 Å². The van der Waals surface area contributed by atoms with Gasteiger partial charge in [-0.3, -0.25) is 0 Å². The van der Waals surface area contributed by atoms with Crippen molar-refractivity contribution >= 4 is 11.0 Å². The SMILES string of the molecule is Cc1oc2ccccc2c1CNCC1CC(O)C1. The Bertz CT molecular complexity index is 540. The van der Waals surface area contributed by atoms with E-state index in [-0.39, 0.29) is 6.10 Å². The largest absolute Gasteiger partial charge is 0.461 e. The number of hydrogen-bond donors (Lipinski definition) is 2. The standard InChI is InChI=1S/C15H19NO2/c1-10-14(9-16-8-11-6-12(17)7-11)13-4-2-3-5-15(13)18-10/h2-5,11-12,16-17H,6-9H2,1H3. The highest BCUT2D eigenvalue weighted by atomic mass is 16.3. The summed E-state index contributed by atoms with van der Waals surface area (Å²) >= 11 is 0. The van der Waals surface area contributed by atoms with Crippen LogP contribution in [0.2, 0.25) is 0 Å². The van der Waals surface area contributed by atoms with Crippen LogP contribution in [-0.2, 0) is 6.54 Å². The van der Waals surface area contributed by atoms with Gasteiger partial charge in [0.1, 0.15) is 11.3 Å². The first-order valence-electron chi connectivity index (χ1n) is 6.60. The van der Waals surface area contributed by atoms with Gasteiger partial charge in [-0.2, -0.15) is 0 Å². The van der Waals surface area contributed by atoms with Crippen LogP contribution in [0.3, 0.4) is 0 Å². The van der Waals surface area contributed by atoms with E-state index in [2.05, 4.69) is 11.4 Å². The summed E-state index contributed by atoms with van der Waals surface area (Å²) in [5.74, 6) is 1.64. The highest BCUT2D eigenvalue weighted by Crippen LogP contribution is 2.27. The van der Waals surface area contributed by atoms with Crippen molar-refractivity contribution in [2.24, 2.45) is 5.92 Å². The van der Waals surface area contributed by atoms with Crippen molar-refractivity contribution in [3.05, 3.63) is 35.6 Å². The fourth-order valence-electron chi connectivity index (χ4n) is 2.71. The van der Waals surface area contributed by atoms with E-state index >= 15 is 0 Å². The van der Waals surface area contributed by atoms with Gasteiger partial charge in [-0.1, -0.05) is 18.2 Å². The third kappa shape index (κ3) is 2.16. The molecular formula is C15H19NO2. The second kappa shape index (κ2) is 4.75. The Morgan fingerprint density at radius 2 is 2.11 bits per heavy atom. The third-order valence-corrected chi connectivity index (χ3v) is 3.85. The maximum Gasteiger partial charge on any atom is 0.134 e. The first-order chi connectivity index (χ1) is 8.74. The van der Waals surface area contributed by atoms with Crippen LogP contribution in [0.4, 0.5) is 0 Å². The van der Waals surface area contributed by atoms with E-state index in [4.69, 9.17) is 4.42 Å². The minimum Gasteiger partial charge on any atom is -0.461 e. The second-order valence-corrected chi connectivity index (χ2v) is 5.26. The van der Waals surface area contributed by atoms with Crippen LogP contribution in [0, 0.1) is 12.8 Å². The van der Waals surface area contributed by atoms with Crippen LogP contribution >= 0.6 is 0 Å². The fourth-order valence-corrected chi connectivity index (χ4v) is 2.71. The molecule has 3 heteroatoms. The van der Waals surface area contributed by atoms with Gasteiger partial charge >= 0.3 is 0 Å². The quantitative estimate of drug-likeness (QED) is 0.870. The molecule has 3 rings (SSSR count). The molecule has 96 valence electrons. The highest BCUT2D eigenvalue weighted by molar-refractivity contribution is 5.82. The fraction of sp³-hybridized carbons (Fsp3) is 0.467. The maximum atomic E-state index is 9.24. The molecule has 2 aromatic rings. The summed E-state index contributed by atoms with van der Waals surface area (Å²) in [6, 6.07) is 8.16. The molecule has 2 N–H and O–H groups in total. The molecule has 0 atom stereocenters. The Balaban J connectivity index is 1.65. The van der Waals surface area contributed by atoms with E-state index in [1.165, 1.54) is 10.9 Å². The number of aliphatic hydroxyl groups excluding tert-OH is 1. The molecule has 1 aromatic heterocycles. The van der Waals surface area contributed by atoms with Crippen molar-refractivity contribution in [3.63, 3.8) is 0 Å². The summed E-state index contributed by atoms with van der Waals surface area (Å²) in [6.45, 7) is 3.84. The first-order valence-corrected chi connectivity index (χ1v) is 6.60. The van der Waals surface area contributed by atoms with Crippen molar-refractivity contribution < 1.29 is 9.52 Å². The molecule has 0 spiro atoms. The lowest BCUT2D eigenvalue weighted by atomic mass is 9.82. The van der Waals surface area contributed by atoms with Gasteiger partial charge in [-0.05, 0) is 38.3 Å². The summed E-state index contributed by atoms with van der Waals surface area (Å²) in [6.07, 6.45) is 1.82. The Kier molecular flexibility index (Phi) is 3.10. The minimum atomic E-state index is -0.0618. The number of aliphatic hydroxyl groups is 1. The highest BCUT2D eigenvalue weighted by Gasteiger charge is 2.26. The normalized spacial score (nSPS) is 23.2. The zero-order valence-corrected chi connectivity index (χ0v) is 10.6. The molecule has 0 bridgehead atoms. The number of benzene rings is 1. The number of fused-ring (bicyclic) bond motifs is 1. The van der Waals surface area contributed by atoms with Crippen LogP contribution in [0.1, 0.15) is 24.2 Å². The number of para-hydroxylation sites is 1. The lowest BCUT2D eigenvalue weighted by Gasteiger charge is -2.31. The Morgan fingerprint density at radius 1 is 1.33 bits per heavy atom. The van der Waals surface area contributed by atoms with Crippen molar-refractivity contribution in [3.8, 4) is 0 Å². The van der Waals surface area contributed by atoms with Crippen molar-refractivity contribution in [2.75, 3.05) is 6.54 Å². The molecule has 1 aliphatic rings. The summed E-state index contributed by atoms with van der Waals surface area (Å²) < 4.78 is 5.73. The van der Waals surface area contributed by atoms with Gasteiger partial charge in [-0.25, -0.2) is 0 Å². The molecule has 1 aromatic carbocycles. The van der Waals surface area contributed by atoms with Gasteiger partial charge in [0, 0.05) is 17.5 Å². The lowest BCUT2D eigenvalue weighted by Crippen LogP contribution is -2.35. The van der Waals surface area contributed by atoms with E-state index in [1.807, 2.05) is 25.1 Å². The molecule has 0 radical (unpaired) electrons. The number of hydrogen-bond acceptors (Lipinski definition) is 3. The minimum absolute atomic E-state index is 0.0618. The first kappa shape index (κ1) is 11.8. The summed E-state index contributed by atoms with van der Waals surface area (Å²) in [7, 11) is 0. The summed E-state index contributed by atoms with van der Waals surface area (Å²) in [4.78, 5) is 0. The predicted molar refractivity (Wildman–Crippen MR) is 71.4 cm³/mol.